The quantitative estimate of drug-likeness (QED) is 0.687. The lowest BCUT2D eigenvalue weighted by Crippen LogP contribution is -2.37. The Kier molecular flexibility index (Phi) is 4.71. The first-order chi connectivity index (χ1) is 13.3. The molecule has 1 aliphatic heterocycles. The molecule has 28 heavy (non-hydrogen) atoms. The number of rotatable bonds is 4. The molecule has 0 aliphatic carbocycles. The molecule has 0 bridgehead atoms. The summed E-state index contributed by atoms with van der Waals surface area (Å²) in [5.74, 6) is 0.0269. The van der Waals surface area contributed by atoms with E-state index in [0.717, 1.165) is 0 Å². The van der Waals surface area contributed by atoms with Crippen molar-refractivity contribution in [2.45, 2.75) is 25.3 Å². The molecule has 0 amide bonds. The SMILES string of the molecule is CS(=O)(=O)N1CCC(c2nc3c(nnn3Cc3ccccc3F)c(=O)[nH]2)CC1. The highest BCUT2D eigenvalue weighted by molar-refractivity contribution is 7.88. The Hall–Kier alpha value is -2.66. The lowest BCUT2D eigenvalue weighted by Gasteiger charge is -2.29. The summed E-state index contributed by atoms with van der Waals surface area (Å²) in [6.07, 6.45) is 2.29. The third-order valence-corrected chi connectivity index (χ3v) is 6.28. The number of piperidine rings is 1. The van der Waals surface area contributed by atoms with Gasteiger partial charge < -0.3 is 4.98 Å². The molecule has 148 valence electrons. The average Bonchev–Trinajstić information content (AvgIpc) is 3.06. The van der Waals surface area contributed by atoms with Gasteiger partial charge in [0.05, 0.1) is 12.8 Å². The van der Waals surface area contributed by atoms with Crippen molar-refractivity contribution >= 4 is 21.2 Å². The number of sulfonamides is 1. The van der Waals surface area contributed by atoms with Crippen molar-refractivity contribution in [3.63, 3.8) is 0 Å². The molecule has 2 aromatic heterocycles. The van der Waals surface area contributed by atoms with Crippen molar-refractivity contribution in [2.24, 2.45) is 0 Å². The zero-order valence-corrected chi connectivity index (χ0v) is 16.0. The molecule has 0 unspecified atom stereocenters. The molecule has 0 spiro atoms. The Morgan fingerprint density at radius 3 is 2.64 bits per heavy atom. The number of aromatic nitrogens is 5. The highest BCUT2D eigenvalue weighted by Crippen LogP contribution is 2.26. The van der Waals surface area contributed by atoms with Gasteiger partial charge >= 0.3 is 0 Å². The highest BCUT2D eigenvalue weighted by atomic mass is 32.2. The zero-order chi connectivity index (χ0) is 19.9. The van der Waals surface area contributed by atoms with Crippen LogP contribution < -0.4 is 5.56 Å². The van der Waals surface area contributed by atoms with Crippen LogP contribution >= 0.6 is 0 Å². The van der Waals surface area contributed by atoms with E-state index in [-0.39, 0.29) is 29.4 Å². The monoisotopic (exact) mass is 406 g/mol. The summed E-state index contributed by atoms with van der Waals surface area (Å²) in [7, 11) is -3.23. The summed E-state index contributed by atoms with van der Waals surface area (Å²) in [5.41, 5.74) is 0.380. The molecule has 1 aliphatic rings. The average molecular weight is 406 g/mol. The van der Waals surface area contributed by atoms with Gasteiger partial charge in [-0.25, -0.2) is 26.8 Å². The van der Waals surface area contributed by atoms with E-state index in [1.807, 2.05) is 0 Å². The first kappa shape index (κ1) is 18.7. The number of H-pyrrole nitrogens is 1. The molecule has 1 fully saturated rings. The predicted octanol–water partition coefficient (Wildman–Crippen LogP) is 0.841. The van der Waals surface area contributed by atoms with Gasteiger partial charge in [0.2, 0.25) is 10.0 Å². The van der Waals surface area contributed by atoms with Crippen molar-refractivity contribution in [3.8, 4) is 0 Å². The van der Waals surface area contributed by atoms with Crippen LogP contribution in [0.25, 0.3) is 11.2 Å². The number of fused-ring (bicyclic) bond motifs is 1. The van der Waals surface area contributed by atoms with Crippen molar-refractivity contribution in [3.05, 3.63) is 51.8 Å². The molecule has 1 aromatic carbocycles. The van der Waals surface area contributed by atoms with E-state index in [4.69, 9.17) is 0 Å². The van der Waals surface area contributed by atoms with Crippen LogP contribution in [0.15, 0.2) is 29.1 Å². The molecule has 0 radical (unpaired) electrons. The van der Waals surface area contributed by atoms with E-state index in [9.17, 15) is 17.6 Å². The normalized spacial score (nSPS) is 16.6. The van der Waals surface area contributed by atoms with Crippen LogP contribution in [0.2, 0.25) is 0 Å². The fraction of sp³-hybridized carbons (Fsp3) is 0.412. The van der Waals surface area contributed by atoms with Gasteiger partial charge in [-0.1, -0.05) is 23.4 Å². The molecule has 0 saturated carbocycles. The maximum Gasteiger partial charge on any atom is 0.281 e. The molecule has 0 atom stereocenters. The van der Waals surface area contributed by atoms with Gasteiger partial charge in [-0.15, -0.1) is 5.10 Å². The molecule has 11 heteroatoms. The molecule has 3 aromatic rings. The van der Waals surface area contributed by atoms with E-state index in [1.54, 1.807) is 18.2 Å². The summed E-state index contributed by atoms with van der Waals surface area (Å²) in [5, 5.41) is 7.82. The van der Waals surface area contributed by atoms with Gasteiger partial charge in [0, 0.05) is 24.6 Å². The summed E-state index contributed by atoms with van der Waals surface area (Å²) in [6, 6.07) is 6.31. The van der Waals surface area contributed by atoms with Gasteiger partial charge in [0.15, 0.2) is 11.2 Å². The van der Waals surface area contributed by atoms with Gasteiger partial charge in [-0.05, 0) is 18.9 Å². The Labute approximate surface area is 160 Å². The number of nitrogens with one attached hydrogen (secondary N) is 1. The van der Waals surface area contributed by atoms with Crippen LogP contribution in [0.5, 0.6) is 0 Å². The molecule has 1 N–H and O–H groups in total. The van der Waals surface area contributed by atoms with Crippen molar-refractivity contribution < 1.29 is 12.8 Å². The van der Waals surface area contributed by atoms with E-state index in [0.29, 0.717) is 37.3 Å². The highest BCUT2D eigenvalue weighted by Gasteiger charge is 2.28. The number of hydrogen-bond donors (Lipinski definition) is 1. The summed E-state index contributed by atoms with van der Waals surface area (Å²) < 4.78 is 40.1. The smallest absolute Gasteiger partial charge is 0.281 e. The van der Waals surface area contributed by atoms with Gasteiger partial charge in [0.1, 0.15) is 11.6 Å². The Bertz CT molecular complexity index is 1180. The standard InChI is InChI=1S/C17H19FN6O3S/c1-28(26,27)23-8-6-11(7-9-23)15-19-16-14(17(25)20-15)21-22-24(16)10-12-4-2-3-5-13(12)18/h2-5,11H,6-10H2,1H3,(H,19,20,25). The molecule has 4 rings (SSSR count). The fourth-order valence-corrected chi connectivity index (χ4v) is 4.31. The van der Waals surface area contributed by atoms with E-state index in [2.05, 4.69) is 20.3 Å². The largest absolute Gasteiger partial charge is 0.308 e. The number of benzene rings is 1. The van der Waals surface area contributed by atoms with Gasteiger partial charge in [-0.2, -0.15) is 0 Å². The second-order valence-corrected chi connectivity index (χ2v) is 8.88. The summed E-state index contributed by atoms with van der Waals surface area (Å²) in [6.45, 7) is 0.849. The molecule has 9 nitrogen and oxygen atoms in total. The van der Waals surface area contributed by atoms with Crippen LogP contribution in [0.1, 0.15) is 30.1 Å². The van der Waals surface area contributed by atoms with Crippen LogP contribution in [0, 0.1) is 5.82 Å². The first-order valence-electron chi connectivity index (χ1n) is 8.85. The van der Waals surface area contributed by atoms with E-state index in [1.165, 1.54) is 21.3 Å². The maximum absolute atomic E-state index is 14.0. The zero-order valence-electron chi connectivity index (χ0n) is 15.2. The topological polar surface area (TPSA) is 114 Å². The van der Waals surface area contributed by atoms with Crippen molar-refractivity contribution in [1.29, 1.82) is 0 Å². The second kappa shape index (κ2) is 7.06. The first-order valence-corrected chi connectivity index (χ1v) is 10.7. The van der Waals surface area contributed by atoms with Gasteiger partial charge in [-0.3, -0.25) is 4.79 Å². The second-order valence-electron chi connectivity index (χ2n) is 6.90. The third kappa shape index (κ3) is 3.54. The predicted molar refractivity (Wildman–Crippen MR) is 99.8 cm³/mol. The van der Waals surface area contributed by atoms with Crippen molar-refractivity contribution in [2.75, 3.05) is 19.3 Å². The van der Waals surface area contributed by atoms with Crippen LogP contribution in [-0.2, 0) is 16.6 Å². The molecular weight excluding hydrogens is 387 g/mol. The molecule has 3 heterocycles. The number of hydrogen-bond acceptors (Lipinski definition) is 6. The van der Waals surface area contributed by atoms with Crippen LogP contribution in [0.4, 0.5) is 4.39 Å². The van der Waals surface area contributed by atoms with E-state index >= 15 is 0 Å². The minimum Gasteiger partial charge on any atom is -0.308 e. The number of aromatic amines is 1. The summed E-state index contributed by atoms with van der Waals surface area (Å²) in [4.78, 5) is 19.7. The minimum atomic E-state index is -3.23. The van der Waals surface area contributed by atoms with Crippen LogP contribution in [-0.4, -0.2) is 57.0 Å². The lowest BCUT2D eigenvalue weighted by molar-refractivity contribution is 0.315. The van der Waals surface area contributed by atoms with Gasteiger partial charge in [0.25, 0.3) is 5.56 Å². The van der Waals surface area contributed by atoms with Crippen molar-refractivity contribution in [1.82, 2.24) is 29.3 Å². The van der Waals surface area contributed by atoms with Crippen LogP contribution in [0.3, 0.4) is 0 Å². The molecule has 1 saturated heterocycles. The Balaban J connectivity index is 1.65. The number of halogens is 1. The Morgan fingerprint density at radius 2 is 1.96 bits per heavy atom. The Morgan fingerprint density at radius 1 is 1.25 bits per heavy atom. The number of nitrogens with zero attached hydrogens (tertiary/aromatic N) is 5. The minimum absolute atomic E-state index is 0.0769. The molecular formula is C17H19FN6O3S. The fourth-order valence-electron chi connectivity index (χ4n) is 3.43. The lowest BCUT2D eigenvalue weighted by atomic mass is 9.97. The van der Waals surface area contributed by atoms with E-state index < -0.39 is 15.6 Å². The summed E-state index contributed by atoms with van der Waals surface area (Å²) >= 11 is 0. The third-order valence-electron chi connectivity index (χ3n) is 4.98. The maximum atomic E-state index is 14.0.